The van der Waals surface area contributed by atoms with Gasteiger partial charge in [-0.05, 0) is 75.6 Å². The minimum Gasteiger partial charge on any atom is -0.450 e. The van der Waals surface area contributed by atoms with Crippen LogP contribution >= 0.6 is 0 Å². The summed E-state index contributed by atoms with van der Waals surface area (Å²) in [5, 5.41) is 0.543. The molecule has 0 saturated heterocycles. The predicted octanol–water partition coefficient (Wildman–Crippen LogP) is 5.00. The van der Waals surface area contributed by atoms with Crippen LogP contribution in [-0.4, -0.2) is 41.9 Å². The number of nitrogens with zero attached hydrogens (tertiary/aromatic N) is 2. The van der Waals surface area contributed by atoms with Crippen LogP contribution in [0.25, 0.3) is 11.0 Å². The highest BCUT2D eigenvalue weighted by molar-refractivity contribution is 5.99. The van der Waals surface area contributed by atoms with Gasteiger partial charge in [-0.15, -0.1) is 0 Å². The highest BCUT2D eigenvalue weighted by Gasteiger charge is 2.42. The van der Waals surface area contributed by atoms with Crippen LogP contribution in [0, 0.1) is 20.8 Å². The van der Waals surface area contributed by atoms with E-state index in [1.165, 1.54) is 0 Å². The molecule has 1 atom stereocenters. The number of amides is 1. The summed E-state index contributed by atoms with van der Waals surface area (Å²) in [6.45, 7) is 13.8. The van der Waals surface area contributed by atoms with Crippen molar-refractivity contribution in [3.05, 3.63) is 80.2 Å². The molecule has 0 aliphatic carbocycles. The lowest BCUT2D eigenvalue weighted by Crippen LogP contribution is -2.33. The first-order valence-corrected chi connectivity index (χ1v) is 11.5. The molecule has 4 rings (SSSR count). The standard InChI is InChI=1S/C27H32N2O3/c1-6-28(7-2)13-8-14-29-24(20-11-9-17(3)10-12-20)23-25(30)21-15-18(4)19(5)16-22(21)32-26(23)27(29)31/h9-12,15-16,24H,6-8,13-14H2,1-5H3/t24-/m1/s1. The maximum absolute atomic E-state index is 13.7. The zero-order valence-electron chi connectivity index (χ0n) is 19.7. The Morgan fingerprint density at radius 2 is 1.62 bits per heavy atom. The zero-order valence-corrected chi connectivity index (χ0v) is 19.7. The van der Waals surface area contributed by atoms with Gasteiger partial charge in [0, 0.05) is 6.54 Å². The van der Waals surface area contributed by atoms with Gasteiger partial charge in [0.25, 0.3) is 5.91 Å². The molecule has 0 N–H and O–H groups in total. The van der Waals surface area contributed by atoms with E-state index in [-0.39, 0.29) is 17.1 Å². The number of fused-ring (bicyclic) bond motifs is 2. The van der Waals surface area contributed by atoms with Crippen molar-refractivity contribution in [1.29, 1.82) is 0 Å². The Morgan fingerprint density at radius 1 is 0.969 bits per heavy atom. The summed E-state index contributed by atoms with van der Waals surface area (Å²) >= 11 is 0. The second-order valence-corrected chi connectivity index (χ2v) is 8.80. The van der Waals surface area contributed by atoms with E-state index in [1.807, 2.05) is 62.1 Å². The van der Waals surface area contributed by atoms with Gasteiger partial charge in [0.05, 0.1) is 17.0 Å². The molecule has 1 amide bonds. The lowest BCUT2D eigenvalue weighted by molar-refractivity contribution is 0.0720. The second kappa shape index (κ2) is 8.91. The van der Waals surface area contributed by atoms with Crippen molar-refractivity contribution in [2.24, 2.45) is 0 Å². The fraction of sp³-hybridized carbons (Fsp3) is 0.407. The lowest BCUT2D eigenvalue weighted by Gasteiger charge is -2.26. The van der Waals surface area contributed by atoms with E-state index in [1.54, 1.807) is 0 Å². The fourth-order valence-corrected chi connectivity index (χ4v) is 4.61. The zero-order chi connectivity index (χ0) is 23.0. The Bertz CT molecular complexity index is 1210. The first-order valence-electron chi connectivity index (χ1n) is 11.5. The second-order valence-electron chi connectivity index (χ2n) is 8.80. The van der Waals surface area contributed by atoms with Crippen molar-refractivity contribution in [3.63, 3.8) is 0 Å². The molecule has 32 heavy (non-hydrogen) atoms. The highest BCUT2D eigenvalue weighted by Crippen LogP contribution is 2.38. The molecule has 2 aromatic carbocycles. The van der Waals surface area contributed by atoms with E-state index in [0.717, 1.165) is 48.3 Å². The summed E-state index contributed by atoms with van der Waals surface area (Å²) in [6, 6.07) is 11.4. The number of hydrogen-bond donors (Lipinski definition) is 0. The first kappa shape index (κ1) is 22.3. The van der Waals surface area contributed by atoms with Gasteiger partial charge >= 0.3 is 0 Å². The maximum atomic E-state index is 13.7. The fourth-order valence-electron chi connectivity index (χ4n) is 4.61. The Hall–Kier alpha value is -2.92. The number of carbonyl (C=O) groups is 1. The van der Waals surface area contributed by atoms with Crippen molar-refractivity contribution in [3.8, 4) is 0 Å². The molecule has 1 aliphatic rings. The van der Waals surface area contributed by atoms with Crippen LogP contribution in [0.3, 0.4) is 0 Å². The van der Waals surface area contributed by atoms with E-state index < -0.39 is 6.04 Å². The largest absolute Gasteiger partial charge is 0.450 e. The van der Waals surface area contributed by atoms with Crippen LogP contribution in [0.1, 0.15) is 64.7 Å². The van der Waals surface area contributed by atoms with Crippen LogP contribution in [0.15, 0.2) is 45.6 Å². The first-order chi connectivity index (χ1) is 15.3. The average molecular weight is 433 g/mol. The summed E-state index contributed by atoms with van der Waals surface area (Å²) in [5.74, 6) is 0.00140. The summed E-state index contributed by atoms with van der Waals surface area (Å²) in [5.41, 5.74) is 5.02. The summed E-state index contributed by atoms with van der Waals surface area (Å²) in [4.78, 5) is 31.3. The van der Waals surface area contributed by atoms with Crippen molar-refractivity contribution in [1.82, 2.24) is 9.80 Å². The molecular formula is C27H32N2O3. The number of rotatable bonds is 7. The molecule has 5 heteroatoms. The SMILES string of the molecule is CCN(CC)CCCN1C(=O)c2oc3cc(C)c(C)cc3c(=O)c2[C@H]1c1ccc(C)cc1. The molecule has 0 radical (unpaired) electrons. The van der Waals surface area contributed by atoms with Crippen molar-refractivity contribution in [2.75, 3.05) is 26.2 Å². The number of benzene rings is 2. The summed E-state index contributed by atoms with van der Waals surface area (Å²) in [7, 11) is 0. The Labute approximate surface area is 189 Å². The van der Waals surface area contributed by atoms with Crippen LogP contribution in [-0.2, 0) is 0 Å². The molecule has 0 unspecified atom stereocenters. The van der Waals surface area contributed by atoms with Gasteiger partial charge in [-0.3, -0.25) is 9.59 Å². The van der Waals surface area contributed by atoms with Gasteiger partial charge in [-0.2, -0.15) is 0 Å². The van der Waals surface area contributed by atoms with E-state index in [9.17, 15) is 9.59 Å². The average Bonchev–Trinajstić information content (AvgIpc) is 3.05. The van der Waals surface area contributed by atoms with E-state index in [2.05, 4.69) is 18.7 Å². The van der Waals surface area contributed by atoms with Gasteiger partial charge in [0.1, 0.15) is 5.58 Å². The van der Waals surface area contributed by atoms with Crippen molar-refractivity contribution >= 4 is 16.9 Å². The Kier molecular flexibility index (Phi) is 6.20. The Balaban J connectivity index is 1.82. The normalized spacial score (nSPS) is 15.8. The molecule has 0 bridgehead atoms. The summed E-state index contributed by atoms with van der Waals surface area (Å²) in [6.07, 6.45) is 0.843. The van der Waals surface area contributed by atoms with Gasteiger partial charge in [0.2, 0.25) is 5.76 Å². The predicted molar refractivity (Wildman–Crippen MR) is 128 cm³/mol. The topological polar surface area (TPSA) is 53.8 Å². The molecule has 2 heterocycles. The van der Waals surface area contributed by atoms with E-state index in [4.69, 9.17) is 4.42 Å². The van der Waals surface area contributed by atoms with Gasteiger partial charge in [-0.1, -0.05) is 43.7 Å². The summed E-state index contributed by atoms with van der Waals surface area (Å²) < 4.78 is 6.11. The minimum absolute atomic E-state index is 0.102. The molecule has 0 spiro atoms. The van der Waals surface area contributed by atoms with Crippen LogP contribution in [0.5, 0.6) is 0 Å². The number of hydrogen-bond acceptors (Lipinski definition) is 4. The van der Waals surface area contributed by atoms with Gasteiger partial charge in [-0.25, -0.2) is 0 Å². The number of aryl methyl sites for hydroxylation is 3. The third-order valence-electron chi connectivity index (χ3n) is 6.74. The molecule has 1 aromatic heterocycles. The lowest BCUT2D eigenvalue weighted by atomic mass is 9.97. The van der Waals surface area contributed by atoms with Gasteiger partial charge in [0.15, 0.2) is 5.43 Å². The van der Waals surface area contributed by atoms with Crippen molar-refractivity contribution in [2.45, 2.75) is 47.1 Å². The van der Waals surface area contributed by atoms with Gasteiger partial charge < -0.3 is 14.2 Å². The monoisotopic (exact) mass is 432 g/mol. The molecule has 5 nitrogen and oxygen atoms in total. The van der Waals surface area contributed by atoms with Crippen LogP contribution in [0.4, 0.5) is 0 Å². The smallest absolute Gasteiger partial charge is 0.290 e. The molecular weight excluding hydrogens is 400 g/mol. The highest BCUT2D eigenvalue weighted by atomic mass is 16.3. The quantitative estimate of drug-likeness (QED) is 0.527. The molecule has 0 saturated carbocycles. The third-order valence-corrected chi connectivity index (χ3v) is 6.74. The van der Waals surface area contributed by atoms with Crippen molar-refractivity contribution < 1.29 is 9.21 Å². The molecule has 1 aliphatic heterocycles. The number of carbonyl (C=O) groups excluding carboxylic acids is 1. The third kappa shape index (κ3) is 3.86. The van der Waals surface area contributed by atoms with E-state index in [0.29, 0.717) is 23.1 Å². The minimum atomic E-state index is -0.419. The maximum Gasteiger partial charge on any atom is 0.290 e. The molecule has 168 valence electrons. The molecule has 0 fully saturated rings. The van der Waals surface area contributed by atoms with E-state index >= 15 is 0 Å². The van der Waals surface area contributed by atoms with Crippen LogP contribution < -0.4 is 5.43 Å². The Morgan fingerprint density at radius 3 is 2.28 bits per heavy atom. The van der Waals surface area contributed by atoms with Crippen LogP contribution in [0.2, 0.25) is 0 Å². The molecule has 3 aromatic rings.